The molecule has 0 unspecified atom stereocenters. The second-order valence-corrected chi connectivity index (χ2v) is 9.75. The van der Waals surface area contributed by atoms with Gasteiger partial charge in [0, 0.05) is 25.8 Å². The molecule has 0 heterocycles. The van der Waals surface area contributed by atoms with Crippen LogP contribution < -0.4 is 10.6 Å². The SMILES string of the molecule is CN(C)S(=O)(=O)c1cc(NC(=S)N[C@@H]2C[C@H]3CC[C@@H]2C3)ccc1Cl. The lowest BCUT2D eigenvalue weighted by Gasteiger charge is -2.24. The van der Waals surface area contributed by atoms with Gasteiger partial charge >= 0.3 is 0 Å². The molecule has 1 aromatic rings. The maximum atomic E-state index is 12.3. The predicted octanol–water partition coefficient (Wildman–Crippen LogP) is 3.07. The van der Waals surface area contributed by atoms with E-state index in [-0.39, 0.29) is 9.92 Å². The molecule has 2 aliphatic rings. The van der Waals surface area contributed by atoms with Crippen LogP contribution in [0.1, 0.15) is 25.7 Å². The number of anilines is 1. The number of hydrogen-bond donors (Lipinski definition) is 2. The van der Waals surface area contributed by atoms with Crippen molar-refractivity contribution in [1.82, 2.24) is 9.62 Å². The molecular formula is C16H22ClN3O2S2. The van der Waals surface area contributed by atoms with Gasteiger partial charge in [0.1, 0.15) is 4.90 Å². The lowest BCUT2D eigenvalue weighted by atomic mass is 9.96. The Labute approximate surface area is 153 Å². The van der Waals surface area contributed by atoms with Gasteiger partial charge in [-0.2, -0.15) is 0 Å². The van der Waals surface area contributed by atoms with E-state index >= 15 is 0 Å². The van der Waals surface area contributed by atoms with Crippen molar-refractivity contribution in [1.29, 1.82) is 0 Å². The summed E-state index contributed by atoms with van der Waals surface area (Å²) in [4.78, 5) is 0.0712. The Balaban J connectivity index is 1.70. The molecule has 2 fully saturated rings. The number of fused-ring (bicyclic) bond motifs is 2. The van der Waals surface area contributed by atoms with Crippen LogP contribution in [-0.2, 0) is 10.0 Å². The average Bonchev–Trinajstić information content (AvgIpc) is 3.11. The standard InChI is InChI=1S/C16H22ClN3O2S2/c1-20(2)24(21,22)15-9-12(5-6-13(15)17)18-16(23)19-14-8-10-3-4-11(14)7-10/h5-6,9-11,14H,3-4,7-8H2,1-2H3,(H2,18,19,23)/t10-,11+,14+/m0/s1. The summed E-state index contributed by atoms with van der Waals surface area (Å²) in [5, 5.41) is 7.19. The van der Waals surface area contributed by atoms with Crippen molar-refractivity contribution in [3.05, 3.63) is 23.2 Å². The molecule has 0 aliphatic heterocycles. The van der Waals surface area contributed by atoms with E-state index < -0.39 is 10.0 Å². The van der Waals surface area contributed by atoms with E-state index in [1.54, 1.807) is 12.1 Å². The molecule has 2 N–H and O–H groups in total. The van der Waals surface area contributed by atoms with Crippen molar-refractivity contribution >= 4 is 44.6 Å². The molecule has 5 nitrogen and oxygen atoms in total. The Kier molecular flexibility index (Phi) is 5.06. The fraction of sp³-hybridized carbons (Fsp3) is 0.562. The molecule has 0 aromatic heterocycles. The summed E-state index contributed by atoms with van der Waals surface area (Å²) in [5.41, 5.74) is 0.612. The first kappa shape index (κ1) is 17.9. The number of nitrogens with zero attached hydrogens (tertiary/aromatic N) is 1. The monoisotopic (exact) mass is 387 g/mol. The zero-order valence-corrected chi connectivity index (χ0v) is 16.1. The second kappa shape index (κ2) is 6.78. The summed E-state index contributed by atoms with van der Waals surface area (Å²) < 4.78 is 25.8. The molecule has 0 spiro atoms. The third kappa shape index (κ3) is 3.54. The van der Waals surface area contributed by atoms with Crippen LogP contribution in [0.3, 0.4) is 0 Å². The molecule has 1 aromatic carbocycles. The Morgan fingerprint density at radius 1 is 1.29 bits per heavy atom. The Bertz CT molecular complexity index is 752. The van der Waals surface area contributed by atoms with Crippen LogP contribution in [0.15, 0.2) is 23.1 Å². The van der Waals surface area contributed by atoms with Gasteiger partial charge in [-0.25, -0.2) is 12.7 Å². The van der Waals surface area contributed by atoms with E-state index in [0.29, 0.717) is 22.8 Å². The van der Waals surface area contributed by atoms with Crippen molar-refractivity contribution in [3.8, 4) is 0 Å². The highest BCUT2D eigenvalue weighted by molar-refractivity contribution is 7.89. The third-order valence-corrected chi connectivity index (χ3v) is 7.52. The summed E-state index contributed by atoms with van der Waals surface area (Å²) in [6.07, 6.45) is 5.09. The highest BCUT2D eigenvalue weighted by atomic mass is 35.5. The van der Waals surface area contributed by atoms with Crippen molar-refractivity contribution in [3.63, 3.8) is 0 Å². The van der Waals surface area contributed by atoms with E-state index in [2.05, 4.69) is 10.6 Å². The van der Waals surface area contributed by atoms with Crippen LogP contribution in [0.4, 0.5) is 5.69 Å². The molecule has 8 heteroatoms. The molecule has 2 bridgehead atoms. The lowest BCUT2D eigenvalue weighted by molar-refractivity contribution is 0.392. The molecule has 0 radical (unpaired) electrons. The zero-order chi connectivity index (χ0) is 17.5. The minimum absolute atomic E-state index is 0.0712. The van der Waals surface area contributed by atoms with Gasteiger partial charge in [0.25, 0.3) is 0 Å². The van der Waals surface area contributed by atoms with E-state index in [9.17, 15) is 8.42 Å². The number of benzene rings is 1. The number of sulfonamides is 1. The first-order chi connectivity index (χ1) is 11.3. The van der Waals surface area contributed by atoms with E-state index in [4.69, 9.17) is 23.8 Å². The maximum absolute atomic E-state index is 12.3. The number of rotatable bonds is 4. The zero-order valence-electron chi connectivity index (χ0n) is 13.8. The number of thiocarbonyl (C=S) groups is 1. The maximum Gasteiger partial charge on any atom is 0.244 e. The van der Waals surface area contributed by atoms with Crippen LogP contribution >= 0.6 is 23.8 Å². The first-order valence-electron chi connectivity index (χ1n) is 8.07. The summed E-state index contributed by atoms with van der Waals surface area (Å²) in [5.74, 6) is 1.55. The van der Waals surface area contributed by atoms with E-state index in [1.165, 1.54) is 45.8 Å². The molecule has 3 atom stereocenters. The molecule has 3 rings (SSSR count). The summed E-state index contributed by atoms with van der Waals surface area (Å²) in [7, 11) is -0.639. The van der Waals surface area contributed by atoms with Crippen molar-refractivity contribution in [2.24, 2.45) is 11.8 Å². The topological polar surface area (TPSA) is 61.4 Å². The van der Waals surface area contributed by atoms with Crippen LogP contribution in [0, 0.1) is 11.8 Å². The number of hydrogen-bond acceptors (Lipinski definition) is 3. The normalized spacial score (nSPS) is 25.9. The smallest absolute Gasteiger partial charge is 0.244 e. The van der Waals surface area contributed by atoms with Gasteiger partial charge in [-0.05, 0) is 61.5 Å². The quantitative estimate of drug-likeness (QED) is 0.777. The molecule has 132 valence electrons. The van der Waals surface area contributed by atoms with E-state index in [1.807, 2.05) is 0 Å². The molecule has 24 heavy (non-hydrogen) atoms. The molecule has 2 saturated carbocycles. The Hall–Kier alpha value is -0.890. The van der Waals surface area contributed by atoms with Crippen molar-refractivity contribution in [2.45, 2.75) is 36.6 Å². The van der Waals surface area contributed by atoms with Crippen LogP contribution in [0.5, 0.6) is 0 Å². The van der Waals surface area contributed by atoms with Crippen LogP contribution in [0.25, 0.3) is 0 Å². The minimum Gasteiger partial charge on any atom is -0.359 e. The fourth-order valence-electron chi connectivity index (χ4n) is 3.73. The van der Waals surface area contributed by atoms with Gasteiger partial charge in [0.05, 0.1) is 5.02 Å². The fourth-order valence-corrected chi connectivity index (χ4v) is 5.40. The van der Waals surface area contributed by atoms with Gasteiger partial charge in [0.2, 0.25) is 10.0 Å². The molecule has 0 amide bonds. The van der Waals surface area contributed by atoms with Crippen LogP contribution in [-0.4, -0.2) is 38.0 Å². The molecular weight excluding hydrogens is 366 g/mol. The Morgan fingerprint density at radius 2 is 2.04 bits per heavy atom. The second-order valence-electron chi connectivity index (χ2n) is 6.81. The summed E-state index contributed by atoms with van der Waals surface area (Å²) in [6.45, 7) is 0. The number of nitrogens with one attached hydrogen (secondary N) is 2. The number of halogens is 1. The largest absolute Gasteiger partial charge is 0.359 e. The van der Waals surface area contributed by atoms with Gasteiger partial charge in [-0.3, -0.25) is 0 Å². The highest BCUT2D eigenvalue weighted by Crippen LogP contribution is 2.44. The van der Waals surface area contributed by atoms with Crippen LogP contribution in [0.2, 0.25) is 5.02 Å². The van der Waals surface area contributed by atoms with Gasteiger partial charge < -0.3 is 10.6 Å². The summed E-state index contributed by atoms with van der Waals surface area (Å²) >= 11 is 11.5. The van der Waals surface area contributed by atoms with Gasteiger partial charge in [-0.15, -0.1) is 0 Å². The Morgan fingerprint density at radius 3 is 2.62 bits per heavy atom. The predicted molar refractivity (Wildman–Crippen MR) is 101 cm³/mol. The lowest BCUT2D eigenvalue weighted by Crippen LogP contribution is -2.40. The van der Waals surface area contributed by atoms with Crippen molar-refractivity contribution in [2.75, 3.05) is 19.4 Å². The van der Waals surface area contributed by atoms with Crippen molar-refractivity contribution < 1.29 is 8.42 Å². The first-order valence-corrected chi connectivity index (χ1v) is 10.3. The third-order valence-electron chi connectivity index (χ3n) is 5.00. The minimum atomic E-state index is -3.60. The van der Waals surface area contributed by atoms with Gasteiger partial charge in [0.15, 0.2) is 5.11 Å². The average molecular weight is 388 g/mol. The van der Waals surface area contributed by atoms with E-state index in [0.717, 1.165) is 10.2 Å². The van der Waals surface area contributed by atoms with Gasteiger partial charge in [-0.1, -0.05) is 18.0 Å². The summed E-state index contributed by atoms with van der Waals surface area (Å²) in [6, 6.07) is 5.25. The molecule has 0 saturated heterocycles. The molecule has 2 aliphatic carbocycles. The highest BCUT2D eigenvalue weighted by Gasteiger charge is 2.39.